The van der Waals surface area contributed by atoms with Crippen LogP contribution in [-0.2, 0) is 46.5 Å². The lowest BCUT2D eigenvalue weighted by molar-refractivity contribution is -0.152. The van der Waals surface area contributed by atoms with Crippen molar-refractivity contribution in [3.05, 3.63) is 83.9 Å². The van der Waals surface area contributed by atoms with Gasteiger partial charge in [-0.15, -0.1) is 0 Å². The number of likely N-dealkylation sites (tertiary alicyclic amines) is 2. The molecule has 4 aliphatic rings. The Kier molecular flexibility index (Phi) is 16.8. The Hall–Kier alpha value is -4.23. The molecule has 0 amide bonds. The number of aromatic hydroxyl groups is 1. The zero-order chi connectivity index (χ0) is 42.1. The van der Waals surface area contributed by atoms with Crippen molar-refractivity contribution in [2.45, 2.75) is 97.9 Å². The smallest absolute Gasteiger partial charge is 0.311 e. The predicted octanol–water partition coefficient (Wildman–Crippen LogP) is 8.73. The molecular formula is C48H66N2O9S. The highest BCUT2D eigenvalue weighted by atomic mass is 32.2. The molecule has 11 nitrogen and oxygen atoms in total. The van der Waals surface area contributed by atoms with Crippen molar-refractivity contribution in [2.24, 2.45) is 23.7 Å². The molecule has 0 aromatic heterocycles. The molecule has 0 bridgehead atoms. The maximum absolute atomic E-state index is 11.5. The number of carbonyl (C=O) groups is 2. The molecule has 0 spiro atoms. The van der Waals surface area contributed by atoms with Gasteiger partial charge in [0.05, 0.1) is 44.5 Å². The summed E-state index contributed by atoms with van der Waals surface area (Å²) < 4.78 is 42.3. The summed E-state index contributed by atoms with van der Waals surface area (Å²) in [6, 6.07) is 24.5. The molecule has 4 fully saturated rings. The topological polar surface area (TPSA) is 132 Å². The van der Waals surface area contributed by atoms with E-state index in [0.717, 1.165) is 112 Å². The van der Waals surface area contributed by atoms with Crippen LogP contribution in [-0.4, -0.2) is 94.1 Å². The van der Waals surface area contributed by atoms with Crippen molar-refractivity contribution in [3.8, 4) is 11.5 Å². The molecule has 60 heavy (non-hydrogen) atoms. The second kappa shape index (κ2) is 21.5. The van der Waals surface area contributed by atoms with Gasteiger partial charge in [0.2, 0.25) is 0 Å². The average molecular weight is 847 g/mol. The maximum atomic E-state index is 11.5. The Balaban J connectivity index is 0.000000182. The lowest BCUT2D eigenvalue weighted by atomic mass is 9.89. The monoisotopic (exact) mass is 846 g/mol. The van der Waals surface area contributed by atoms with E-state index in [-0.39, 0.29) is 37.3 Å². The van der Waals surface area contributed by atoms with Gasteiger partial charge in [0.15, 0.2) is 0 Å². The van der Waals surface area contributed by atoms with E-state index in [4.69, 9.17) is 18.4 Å². The molecule has 2 aliphatic carbocycles. The first-order valence-corrected chi connectivity index (χ1v) is 23.0. The maximum Gasteiger partial charge on any atom is 0.311 e. The predicted molar refractivity (Wildman–Crippen MR) is 237 cm³/mol. The second-order valence-corrected chi connectivity index (χ2v) is 18.8. The summed E-state index contributed by atoms with van der Waals surface area (Å²) in [6.07, 6.45) is 10.2. The van der Waals surface area contributed by atoms with Crippen molar-refractivity contribution in [1.82, 2.24) is 9.80 Å². The Labute approximate surface area is 357 Å². The van der Waals surface area contributed by atoms with E-state index in [1.165, 1.54) is 49.0 Å². The second-order valence-electron chi connectivity index (χ2n) is 17.2. The van der Waals surface area contributed by atoms with Crippen molar-refractivity contribution in [1.29, 1.82) is 0 Å². The van der Waals surface area contributed by atoms with Crippen LogP contribution in [0.2, 0.25) is 0 Å². The third-order valence-electron chi connectivity index (χ3n) is 12.2. The fourth-order valence-electron chi connectivity index (χ4n) is 8.56. The van der Waals surface area contributed by atoms with E-state index >= 15 is 0 Å². The van der Waals surface area contributed by atoms with Gasteiger partial charge >= 0.3 is 11.9 Å². The molecule has 2 aliphatic heterocycles. The summed E-state index contributed by atoms with van der Waals surface area (Å²) in [5, 5.41) is 14.1. The molecule has 12 heteroatoms. The first-order chi connectivity index (χ1) is 28.3. The van der Waals surface area contributed by atoms with Crippen LogP contribution in [0.5, 0.6) is 11.5 Å². The Morgan fingerprint density at radius 2 is 1.10 bits per heavy atom. The normalized spacial score (nSPS) is 22.4. The number of fused-ring (bicyclic) bond motifs is 2. The summed E-state index contributed by atoms with van der Waals surface area (Å²) in [5.74, 6) is 2.72. The van der Waals surface area contributed by atoms with Gasteiger partial charge in [-0.2, -0.15) is 8.42 Å². The zero-order valence-electron chi connectivity index (χ0n) is 35.3. The highest BCUT2D eigenvalue weighted by Crippen LogP contribution is 2.33. The highest BCUT2D eigenvalue weighted by molar-refractivity contribution is 7.86. The molecule has 4 aromatic rings. The third kappa shape index (κ3) is 13.1. The van der Waals surface area contributed by atoms with Crippen molar-refractivity contribution in [2.75, 3.05) is 46.7 Å². The lowest BCUT2D eigenvalue weighted by Crippen LogP contribution is -2.49. The molecule has 2 saturated heterocycles. The summed E-state index contributed by atoms with van der Waals surface area (Å²) in [7, 11) is -0.350. The van der Waals surface area contributed by atoms with Gasteiger partial charge in [-0.25, -0.2) is 0 Å². The standard InChI is InChI=1S/C23H29NO3.C16H17NO3.C8H16O3S.CH4/c1-16-6-9-20(10-7-16)27-22-5-3-4-18-12-17(8-11-21(18)22)13-24-14-19(15-24)23(25)26-2;1-20-16(19)13-9-17(10-13)8-11-5-6-14-12(7-11)3-2-4-15(14)18;1-7-3-5-8(6-4-7)11-12(2,9)10;/h3-5,8,11-12,16,19-20H,6-7,9-10,13-15H2,1-2H3;2-7,13,18H,8-10H2,1H3;7-8H,3-6H2,1-2H3;1H4. The SMILES string of the molecule is C.CC1CCC(OS(C)(=O)=O)CC1.COC(=O)C1CN(Cc2ccc3c(O)cccc3c2)C1.COC(=O)C1CN(Cc2ccc3c(OC4CCC(C)CC4)cccc3c2)C1. The van der Waals surface area contributed by atoms with Crippen molar-refractivity contribution < 1.29 is 41.5 Å². The number of phenolic OH excluding ortho intramolecular Hbond substituents is 1. The Bertz CT molecular complexity index is 2130. The minimum Gasteiger partial charge on any atom is -0.507 e. The van der Waals surface area contributed by atoms with E-state index in [1.54, 1.807) is 6.07 Å². The molecule has 2 saturated carbocycles. The van der Waals surface area contributed by atoms with Gasteiger partial charge in [-0.05, 0) is 109 Å². The largest absolute Gasteiger partial charge is 0.507 e. The zero-order valence-corrected chi connectivity index (χ0v) is 36.1. The van der Waals surface area contributed by atoms with Crippen LogP contribution < -0.4 is 4.74 Å². The molecule has 4 aromatic carbocycles. The Morgan fingerprint density at radius 3 is 1.58 bits per heavy atom. The van der Waals surface area contributed by atoms with Crippen LogP contribution in [0.25, 0.3) is 21.5 Å². The minimum absolute atomic E-state index is 0. The minimum atomic E-state index is -3.24. The molecule has 0 unspecified atom stereocenters. The number of esters is 2. The van der Waals surface area contributed by atoms with Crippen LogP contribution in [0.1, 0.15) is 83.8 Å². The summed E-state index contributed by atoms with van der Waals surface area (Å²) in [4.78, 5) is 27.3. The van der Waals surface area contributed by atoms with Crippen molar-refractivity contribution >= 4 is 43.6 Å². The molecule has 8 rings (SSSR count). The Morgan fingerprint density at radius 1 is 0.650 bits per heavy atom. The summed E-state index contributed by atoms with van der Waals surface area (Å²) >= 11 is 0. The summed E-state index contributed by atoms with van der Waals surface area (Å²) in [6.45, 7) is 9.30. The van der Waals surface area contributed by atoms with E-state index in [1.807, 2.05) is 24.3 Å². The fraction of sp³-hybridized carbons (Fsp3) is 0.542. The number of ether oxygens (including phenoxy) is 3. The molecule has 2 heterocycles. The van der Waals surface area contributed by atoms with Gasteiger partial charge in [0.1, 0.15) is 11.5 Å². The lowest BCUT2D eigenvalue weighted by Gasteiger charge is -2.37. The van der Waals surface area contributed by atoms with Crippen LogP contribution in [0.3, 0.4) is 0 Å². The number of phenols is 1. The van der Waals surface area contributed by atoms with E-state index in [9.17, 15) is 23.1 Å². The van der Waals surface area contributed by atoms with E-state index in [2.05, 4.69) is 66.1 Å². The quantitative estimate of drug-likeness (QED) is 0.121. The molecule has 1 N–H and O–H groups in total. The van der Waals surface area contributed by atoms with Gasteiger partial charge in [0.25, 0.3) is 10.1 Å². The van der Waals surface area contributed by atoms with Gasteiger partial charge in [-0.1, -0.05) is 69.8 Å². The number of methoxy groups -OCH3 is 2. The number of rotatable bonds is 10. The molecule has 0 radical (unpaired) electrons. The molecule has 0 atom stereocenters. The van der Waals surface area contributed by atoms with Gasteiger partial charge < -0.3 is 19.3 Å². The third-order valence-corrected chi connectivity index (χ3v) is 12.8. The number of carbonyl (C=O) groups excluding carboxylic acids is 2. The fourth-order valence-corrected chi connectivity index (χ4v) is 9.25. The van der Waals surface area contributed by atoms with Crippen LogP contribution in [0.15, 0.2) is 72.8 Å². The summed E-state index contributed by atoms with van der Waals surface area (Å²) in [5.41, 5.74) is 2.46. The van der Waals surface area contributed by atoms with Crippen molar-refractivity contribution in [3.63, 3.8) is 0 Å². The van der Waals surface area contributed by atoms with Crippen LogP contribution >= 0.6 is 0 Å². The number of benzene rings is 4. The molecule has 328 valence electrons. The van der Waals surface area contributed by atoms with Crippen LogP contribution in [0.4, 0.5) is 0 Å². The average Bonchev–Trinajstić information content (AvgIpc) is 3.18. The number of hydrogen-bond acceptors (Lipinski definition) is 11. The molecular weight excluding hydrogens is 781 g/mol. The first kappa shape index (κ1) is 46.8. The number of hydrogen-bond donors (Lipinski definition) is 1. The van der Waals surface area contributed by atoms with E-state index in [0.29, 0.717) is 11.9 Å². The van der Waals surface area contributed by atoms with Gasteiger partial charge in [-0.3, -0.25) is 23.6 Å². The highest BCUT2D eigenvalue weighted by Gasteiger charge is 2.34. The van der Waals surface area contributed by atoms with Gasteiger partial charge in [0, 0.05) is 50.0 Å². The van der Waals surface area contributed by atoms with Crippen LogP contribution in [0, 0.1) is 23.7 Å². The number of nitrogens with zero attached hydrogens (tertiary/aromatic N) is 2. The van der Waals surface area contributed by atoms with E-state index < -0.39 is 10.1 Å². The first-order valence-electron chi connectivity index (χ1n) is 21.1.